The van der Waals surface area contributed by atoms with Crippen molar-refractivity contribution in [2.45, 2.75) is 19.5 Å². The third-order valence-electron chi connectivity index (χ3n) is 5.67. The summed E-state index contributed by atoms with van der Waals surface area (Å²) in [7, 11) is 5.49. The van der Waals surface area contributed by atoms with E-state index in [1.807, 2.05) is 12.1 Å². The van der Waals surface area contributed by atoms with Crippen molar-refractivity contribution in [2.75, 3.05) is 14.2 Å². The number of hydrogen-bond donors (Lipinski definition) is 1. The van der Waals surface area contributed by atoms with Crippen molar-refractivity contribution in [3.8, 4) is 22.6 Å². The van der Waals surface area contributed by atoms with Crippen molar-refractivity contribution in [3.05, 3.63) is 84.1 Å². The van der Waals surface area contributed by atoms with Gasteiger partial charge in [-0.3, -0.25) is 0 Å². The number of ether oxygens (including phenoxy) is 2. The topological polar surface area (TPSA) is 35.4 Å². The van der Waals surface area contributed by atoms with Crippen LogP contribution in [-0.4, -0.2) is 18.8 Å². The lowest BCUT2D eigenvalue weighted by Crippen LogP contribution is -2.18. The highest BCUT2D eigenvalue weighted by molar-refractivity contribution is 5.87. The average molecular weight is 401 g/mol. The van der Waals surface area contributed by atoms with Crippen molar-refractivity contribution in [1.29, 1.82) is 0 Å². The first-order valence-electron chi connectivity index (χ1n) is 10.2. The number of nitrogens with zero attached hydrogens (tertiary/aromatic N) is 1. The Morgan fingerprint density at radius 2 is 1.80 bits per heavy atom. The molecule has 1 aromatic heterocycles. The van der Waals surface area contributed by atoms with Crippen molar-refractivity contribution < 1.29 is 9.47 Å². The summed E-state index contributed by atoms with van der Waals surface area (Å²) in [6.07, 6.45) is 2.09. The van der Waals surface area contributed by atoms with Gasteiger partial charge in [-0.05, 0) is 66.1 Å². The molecule has 0 aliphatic rings. The smallest absolute Gasteiger partial charge is 0.126 e. The fourth-order valence-corrected chi connectivity index (χ4v) is 3.84. The van der Waals surface area contributed by atoms with Gasteiger partial charge in [0.2, 0.25) is 0 Å². The standard InChI is InChI=1S/C26H28N2O2/c1-18(20-6-5-7-23(16-20)29-3)27-17-19-8-11-26(30-4)24(14-19)21-9-10-25-22(15-21)12-13-28(25)2/h5-16,18,27H,17H2,1-4H3. The second-order valence-electron chi connectivity index (χ2n) is 7.61. The fraction of sp³-hybridized carbons (Fsp3) is 0.231. The van der Waals surface area contributed by atoms with Gasteiger partial charge in [0.1, 0.15) is 11.5 Å². The van der Waals surface area contributed by atoms with Crippen molar-refractivity contribution in [3.63, 3.8) is 0 Å². The summed E-state index contributed by atoms with van der Waals surface area (Å²) in [5, 5.41) is 4.84. The second-order valence-corrected chi connectivity index (χ2v) is 7.61. The Morgan fingerprint density at radius 1 is 0.933 bits per heavy atom. The summed E-state index contributed by atoms with van der Waals surface area (Å²) in [6.45, 7) is 2.94. The first-order valence-corrected chi connectivity index (χ1v) is 10.2. The predicted molar refractivity (Wildman–Crippen MR) is 123 cm³/mol. The lowest BCUT2D eigenvalue weighted by Gasteiger charge is -2.17. The molecule has 4 nitrogen and oxygen atoms in total. The van der Waals surface area contributed by atoms with Gasteiger partial charge in [0.25, 0.3) is 0 Å². The van der Waals surface area contributed by atoms with E-state index in [9.17, 15) is 0 Å². The van der Waals surface area contributed by atoms with E-state index < -0.39 is 0 Å². The molecule has 1 atom stereocenters. The van der Waals surface area contributed by atoms with E-state index in [0.29, 0.717) is 0 Å². The van der Waals surface area contributed by atoms with Gasteiger partial charge < -0.3 is 19.4 Å². The quantitative estimate of drug-likeness (QED) is 0.431. The summed E-state index contributed by atoms with van der Waals surface area (Å²) in [5.74, 6) is 1.76. The second kappa shape index (κ2) is 8.64. The first-order chi connectivity index (χ1) is 14.6. The maximum atomic E-state index is 5.65. The Hall–Kier alpha value is -3.24. The Kier molecular flexibility index (Phi) is 5.77. The molecule has 1 unspecified atom stereocenters. The van der Waals surface area contributed by atoms with Crippen LogP contribution in [0.25, 0.3) is 22.0 Å². The maximum absolute atomic E-state index is 5.65. The third kappa shape index (κ3) is 4.05. The molecule has 1 heterocycles. The Morgan fingerprint density at radius 3 is 2.60 bits per heavy atom. The molecule has 0 aliphatic carbocycles. The van der Waals surface area contributed by atoms with E-state index in [-0.39, 0.29) is 6.04 Å². The number of aryl methyl sites for hydroxylation is 1. The minimum atomic E-state index is 0.214. The first kappa shape index (κ1) is 20.0. The van der Waals surface area contributed by atoms with Crippen LogP contribution in [0.2, 0.25) is 0 Å². The molecule has 0 saturated heterocycles. The van der Waals surface area contributed by atoms with Crippen LogP contribution >= 0.6 is 0 Å². The number of rotatable bonds is 7. The highest BCUT2D eigenvalue weighted by Crippen LogP contribution is 2.33. The van der Waals surface area contributed by atoms with E-state index in [1.54, 1.807) is 14.2 Å². The highest BCUT2D eigenvalue weighted by Gasteiger charge is 2.11. The zero-order valence-electron chi connectivity index (χ0n) is 18.0. The summed E-state index contributed by atoms with van der Waals surface area (Å²) >= 11 is 0. The SMILES string of the molecule is COc1cccc(C(C)NCc2ccc(OC)c(-c3ccc4c(ccn4C)c3)c2)c1. The van der Waals surface area contributed by atoms with Gasteiger partial charge in [-0.2, -0.15) is 0 Å². The molecule has 3 aromatic carbocycles. The Bertz CT molecular complexity index is 1160. The minimum Gasteiger partial charge on any atom is -0.497 e. The number of aromatic nitrogens is 1. The minimum absolute atomic E-state index is 0.214. The molecular formula is C26H28N2O2. The van der Waals surface area contributed by atoms with Crippen LogP contribution in [0, 0.1) is 0 Å². The van der Waals surface area contributed by atoms with Gasteiger partial charge in [-0.1, -0.05) is 24.3 Å². The number of hydrogen-bond acceptors (Lipinski definition) is 3. The van der Waals surface area contributed by atoms with E-state index >= 15 is 0 Å². The fourth-order valence-electron chi connectivity index (χ4n) is 3.84. The number of methoxy groups -OCH3 is 2. The average Bonchev–Trinajstić information content (AvgIpc) is 3.17. The molecule has 4 rings (SSSR count). The lowest BCUT2D eigenvalue weighted by molar-refractivity contribution is 0.413. The molecule has 0 aliphatic heterocycles. The maximum Gasteiger partial charge on any atom is 0.126 e. The van der Waals surface area contributed by atoms with Crippen LogP contribution < -0.4 is 14.8 Å². The van der Waals surface area contributed by atoms with E-state index in [0.717, 1.165) is 29.2 Å². The lowest BCUT2D eigenvalue weighted by atomic mass is 10.00. The zero-order valence-corrected chi connectivity index (χ0v) is 18.0. The molecule has 30 heavy (non-hydrogen) atoms. The number of nitrogens with one attached hydrogen (secondary N) is 1. The Labute approximate surface area is 178 Å². The predicted octanol–water partition coefficient (Wildman–Crippen LogP) is 5.71. The van der Waals surface area contributed by atoms with E-state index in [1.165, 1.54) is 22.0 Å². The summed E-state index contributed by atoms with van der Waals surface area (Å²) in [6, 6.07) is 23.5. The monoisotopic (exact) mass is 400 g/mol. The van der Waals surface area contributed by atoms with Crippen molar-refractivity contribution >= 4 is 10.9 Å². The number of fused-ring (bicyclic) bond motifs is 1. The van der Waals surface area contributed by atoms with Crippen LogP contribution in [-0.2, 0) is 13.6 Å². The summed E-state index contributed by atoms with van der Waals surface area (Å²) < 4.78 is 13.1. The van der Waals surface area contributed by atoms with Crippen molar-refractivity contribution in [1.82, 2.24) is 9.88 Å². The number of benzene rings is 3. The van der Waals surface area contributed by atoms with E-state index in [2.05, 4.69) is 84.6 Å². The third-order valence-corrected chi connectivity index (χ3v) is 5.67. The summed E-state index contributed by atoms with van der Waals surface area (Å²) in [5.41, 5.74) is 5.92. The van der Waals surface area contributed by atoms with Gasteiger partial charge in [0, 0.05) is 42.3 Å². The van der Waals surface area contributed by atoms with Gasteiger partial charge in [0.15, 0.2) is 0 Å². The molecule has 4 heteroatoms. The molecule has 1 N–H and O–H groups in total. The molecule has 0 radical (unpaired) electrons. The van der Waals surface area contributed by atoms with Crippen LogP contribution in [0.4, 0.5) is 0 Å². The molecule has 154 valence electrons. The van der Waals surface area contributed by atoms with Gasteiger partial charge in [-0.25, -0.2) is 0 Å². The van der Waals surface area contributed by atoms with E-state index in [4.69, 9.17) is 9.47 Å². The normalized spacial score (nSPS) is 12.1. The molecule has 0 saturated carbocycles. The zero-order chi connectivity index (χ0) is 21.1. The van der Waals surface area contributed by atoms with Crippen LogP contribution in [0.5, 0.6) is 11.5 Å². The molecular weight excluding hydrogens is 372 g/mol. The Balaban J connectivity index is 1.57. The summed E-state index contributed by atoms with van der Waals surface area (Å²) in [4.78, 5) is 0. The largest absolute Gasteiger partial charge is 0.497 e. The molecule has 0 fully saturated rings. The molecule has 4 aromatic rings. The van der Waals surface area contributed by atoms with Crippen molar-refractivity contribution in [2.24, 2.45) is 7.05 Å². The molecule has 0 spiro atoms. The van der Waals surface area contributed by atoms with Crippen LogP contribution in [0.3, 0.4) is 0 Å². The van der Waals surface area contributed by atoms with Gasteiger partial charge in [0.05, 0.1) is 14.2 Å². The molecule has 0 amide bonds. The molecule has 0 bridgehead atoms. The van der Waals surface area contributed by atoms with Gasteiger partial charge in [-0.15, -0.1) is 0 Å². The van der Waals surface area contributed by atoms with Crippen LogP contribution in [0.1, 0.15) is 24.1 Å². The highest BCUT2D eigenvalue weighted by atomic mass is 16.5. The van der Waals surface area contributed by atoms with Gasteiger partial charge >= 0.3 is 0 Å². The van der Waals surface area contributed by atoms with Crippen LogP contribution in [0.15, 0.2) is 72.9 Å².